The third-order valence-electron chi connectivity index (χ3n) is 3.51. The highest BCUT2D eigenvalue weighted by Gasteiger charge is 2.34. The fourth-order valence-corrected chi connectivity index (χ4v) is 3.28. The summed E-state index contributed by atoms with van der Waals surface area (Å²) < 4.78 is 43.1. The number of rotatable bonds is 3. The van der Waals surface area contributed by atoms with Gasteiger partial charge < -0.3 is 15.2 Å². The van der Waals surface area contributed by atoms with Gasteiger partial charge in [0.15, 0.2) is 0 Å². The van der Waals surface area contributed by atoms with Crippen molar-refractivity contribution in [2.45, 2.75) is 13.3 Å². The largest absolute Gasteiger partial charge is 0.452 e. The van der Waals surface area contributed by atoms with E-state index >= 15 is 0 Å². The van der Waals surface area contributed by atoms with Gasteiger partial charge in [-0.2, -0.15) is 9.57 Å². The van der Waals surface area contributed by atoms with E-state index in [4.69, 9.17) is 0 Å². The van der Waals surface area contributed by atoms with Crippen LogP contribution in [0, 0.1) is 17.1 Å². The van der Waals surface area contributed by atoms with Crippen molar-refractivity contribution in [1.82, 2.24) is 5.32 Å². The number of aliphatic hydroxyl groups is 1. The summed E-state index contributed by atoms with van der Waals surface area (Å²) >= 11 is 0. The summed E-state index contributed by atoms with van der Waals surface area (Å²) in [4.78, 5) is 24.7. The van der Waals surface area contributed by atoms with Gasteiger partial charge in [0.25, 0.3) is 5.91 Å². The monoisotopic (exact) mass is 398 g/mol. The lowest BCUT2D eigenvalue weighted by molar-refractivity contribution is -0.117. The van der Waals surface area contributed by atoms with E-state index in [0.29, 0.717) is 22.9 Å². The Balaban J connectivity index is 2.74. The van der Waals surface area contributed by atoms with Gasteiger partial charge in [0.1, 0.15) is 11.9 Å². The second kappa shape index (κ2) is 7.22. The Morgan fingerprint density at radius 3 is 2.59 bits per heavy atom. The molecule has 0 saturated heterocycles. The average Bonchev–Trinajstić information content (AvgIpc) is 2.54. The van der Waals surface area contributed by atoms with Crippen LogP contribution in [0.1, 0.15) is 12.5 Å². The Morgan fingerprint density at radius 1 is 1.48 bits per heavy atom. The zero-order chi connectivity index (χ0) is 20.5. The number of aliphatic hydroxyl groups excluding tert-OH is 1. The highest BCUT2D eigenvalue weighted by molar-refractivity contribution is 7.92. The summed E-state index contributed by atoms with van der Waals surface area (Å²) in [5.41, 5.74) is -1.25. The van der Waals surface area contributed by atoms with Crippen LogP contribution < -0.4 is 14.5 Å². The molecular formula is C15H15FN4O6S. The normalized spacial score (nSPS) is 16.9. The molecule has 0 bridgehead atoms. The molecule has 1 aromatic rings. The number of hydrogen-bond donors (Lipinski definition) is 2. The van der Waals surface area contributed by atoms with Gasteiger partial charge in [-0.3, -0.25) is 9.69 Å². The number of allylic oxidation sites excluding steroid dienone is 1. The molecule has 2 amide bonds. The average molecular weight is 398 g/mol. The minimum Gasteiger partial charge on any atom is -0.452 e. The molecule has 12 heteroatoms. The van der Waals surface area contributed by atoms with Gasteiger partial charge in [0.05, 0.1) is 30.3 Å². The van der Waals surface area contributed by atoms with Crippen molar-refractivity contribution in [3.63, 3.8) is 0 Å². The Kier molecular flexibility index (Phi) is 5.38. The molecule has 1 aliphatic heterocycles. The van der Waals surface area contributed by atoms with E-state index in [1.54, 1.807) is 6.07 Å². The quantitative estimate of drug-likeness (QED) is 0.743. The number of carbonyl (C=O) groups is 2. The maximum Gasteiger partial charge on any atom is 0.428 e. The molecule has 0 aliphatic carbocycles. The Bertz CT molecular complexity index is 985. The molecular weight excluding hydrogens is 383 g/mol. The third-order valence-corrected chi connectivity index (χ3v) is 4.52. The second-order valence-corrected chi connectivity index (χ2v) is 7.31. The van der Waals surface area contributed by atoms with Crippen molar-refractivity contribution in [1.29, 1.82) is 5.26 Å². The van der Waals surface area contributed by atoms with E-state index < -0.39 is 51.1 Å². The van der Waals surface area contributed by atoms with Crippen molar-refractivity contribution in [2.24, 2.45) is 0 Å². The summed E-state index contributed by atoms with van der Waals surface area (Å²) in [5, 5.41) is 21.8. The summed E-state index contributed by atoms with van der Waals surface area (Å²) in [5.74, 6) is -1.88. The molecule has 2 N–H and O–H groups in total. The summed E-state index contributed by atoms with van der Waals surface area (Å²) in [6, 6.07) is 3.02. The lowest BCUT2D eigenvalue weighted by atomic mass is 10.1. The molecule has 1 aliphatic rings. The SMILES string of the molecule is COC(=O)N(c1cc(N2C(=O)C=C(C)NC2O)c(F)cc1C#N)S(C)(=O)=O. The van der Waals surface area contributed by atoms with Crippen LogP contribution in [0.25, 0.3) is 0 Å². The Hall–Kier alpha value is -3.17. The van der Waals surface area contributed by atoms with Crippen molar-refractivity contribution in [2.75, 3.05) is 22.6 Å². The van der Waals surface area contributed by atoms with E-state index in [0.717, 1.165) is 19.3 Å². The fraction of sp³-hybridized carbons (Fsp3) is 0.267. The maximum atomic E-state index is 14.5. The molecule has 0 saturated carbocycles. The number of amides is 2. The fourth-order valence-electron chi connectivity index (χ4n) is 2.42. The number of nitrogens with one attached hydrogen (secondary N) is 1. The number of methoxy groups -OCH3 is 1. The van der Waals surface area contributed by atoms with Crippen LogP contribution >= 0.6 is 0 Å². The first-order valence-electron chi connectivity index (χ1n) is 7.29. The number of halogens is 1. The van der Waals surface area contributed by atoms with Crippen LogP contribution in [-0.2, 0) is 19.6 Å². The molecule has 1 aromatic carbocycles. The van der Waals surface area contributed by atoms with Crippen LogP contribution in [0.3, 0.4) is 0 Å². The number of nitriles is 1. The maximum absolute atomic E-state index is 14.5. The summed E-state index contributed by atoms with van der Waals surface area (Å²) in [7, 11) is -3.34. The van der Waals surface area contributed by atoms with E-state index in [1.807, 2.05) is 0 Å². The van der Waals surface area contributed by atoms with Crippen molar-refractivity contribution >= 4 is 33.4 Å². The van der Waals surface area contributed by atoms with Gasteiger partial charge in [-0.1, -0.05) is 0 Å². The number of carbonyl (C=O) groups excluding carboxylic acids is 2. The lowest BCUT2D eigenvalue weighted by Gasteiger charge is -2.33. The number of benzene rings is 1. The minimum atomic E-state index is -4.27. The van der Waals surface area contributed by atoms with Gasteiger partial charge in [-0.05, 0) is 19.1 Å². The molecule has 0 spiro atoms. The highest BCUT2D eigenvalue weighted by Crippen LogP contribution is 2.33. The first-order chi connectivity index (χ1) is 12.5. The number of nitrogens with zero attached hydrogens (tertiary/aromatic N) is 3. The predicted octanol–water partition coefficient (Wildman–Crippen LogP) is 0.346. The van der Waals surface area contributed by atoms with Crippen LogP contribution in [0.5, 0.6) is 0 Å². The van der Waals surface area contributed by atoms with Crippen molar-refractivity contribution in [3.05, 3.63) is 35.3 Å². The van der Waals surface area contributed by atoms with Gasteiger partial charge in [-0.25, -0.2) is 17.6 Å². The minimum absolute atomic E-state index is 0.157. The lowest BCUT2D eigenvalue weighted by Crippen LogP contribution is -2.51. The van der Waals surface area contributed by atoms with Crippen molar-refractivity contribution in [3.8, 4) is 6.07 Å². The van der Waals surface area contributed by atoms with Crippen LogP contribution in [-0.4, -0.2) is 45.2 Å². The van der Waals surface area contributed by atoms with E-state index in [-0.39, 0.29) is 4.31 Å². The van der Waals surface area contributed by atoms with Gasteiger partial charge in [0.2, 0.25) is 16.4 Å². The van der Waals surface area contributed by atoms with Gasteiger partial charge >= 0.3 is 6.09 Å². The smallest absolute Gasteiger partial charge is 0.428 e. The highest BCUT2D eigenvalue weighted by atomic mass is 32.2. The first kappa shape index (κ1) is 20.1. The van der Waals surface area contributed by atoms with E-state index in [2.05, 4.69) is 10.1 Å². The molecule has 10 nitrogen and oxygen atoms in total. The molecule has 144 valence electrons. The topological polar surface area (TPSA) is 140 Å². The molecule has 1 heterocycles. The Morgan fingerprint density at radius 2 is 2.11 bits per heavy atom. The van der Waals surface area contributed by atoms with Crippen LogP contribution in [0.2, 0.25) is 0 Å². The van der Waals surface area contributed by atoms with Gasteiger partial charge in [0, 0.05) is 11.8 Å². The zero-order valence-corrected chi connectivity index (χ0v) is 15.2. The summed E-state index contributed by atoms with van der Waals surface area (Å²) in [6.45, 7) is 1.50. The second-order valence-electron chi connectivity index (χ2n) is 5.48. The van der Waals surface area contributed by atoms with Gasteiger partial charge in [-0.15, -0.1) is 0 Å². The number of sulfonamides is 1. The molecule has 2 rings (SSSR count). The third kappa shape index (κ3) is 3.83. The standard InChI is InChI=1S/C15H15FN4O6S/c1-8-4-13(21)19(14(22)18-8)12-6-11(9(7-17)5-10(12)16)20(15(23)26-2)27(3,24)25/h4-6,14,18,22H,1-3H3. The first-order valence-corrected chi connectivity index (χ1v) is 9.14. The van der Waals surface area contributed by atoms with E-state index in [1.165, 1.54) is 6.92 Å². The predicted molar refractivity (Wildman–Crippen MR) is 91.2 cm³/mol. The molecule has 1 atom stereocenters. The Labute approximate surface area is 154 Å². The van der Waals surface area contributed by atoms with Crippen LogP contribution in [0.4, 0.5) is 20.6 Å². The number of ether oxygens (including phenoxy) is 1. The van der Waals surface area contributed by atoms with E-state index in [9.17, 15) is 32.8 Å². The zero-order valence-electron chi connectivity index (χ0n) is 14.4. The van der Waals surface area contributed by atoms with Crippen LogP contribution in [0.15, 0.2) is 23.9 Å². The number of anilines is 2. The molecule has 0 radical (unpaired) electrons. The van der Waals surface area contributed by atoms with Crippen molar-refractivity contribution < 1.29 is 32.2 Å². The molecule has 27 heavy (non-hydrogen) atoms. The number of hydrogen-bond acceptors (Lipinski definition) is 8. The molecule has 0 fully saturated rings. The molecule has 0 aromatic heterocycles. The summed E-state index contributed by atoms with van der Waals surface area (Å²) in [6.07, 6.45) is -1.23. The molecule has 1 unspecified atom stereocenters.